The molecule has 0 radical (unpaired) electrons. The molecule has 4 nitrogen and oxygen atoms in total. The number of aromatic nitrogens is 1. The van der Waals surface area contributed by atoms with Crippen LogP contribution in [0.3, 0.4) is 0 Å². The Morgan fingerprint density at radius 2 is 2.37 bits per heavy atom. The molecule has 2 rings (SSSR count). The summed E-state index contributed by atoms with van der Waals surface area (Å²) >= 11 is 3.41. The highest BCUT2D eigenvalue weighted by Crippen LogP contribution is 2.36. The Balaban J connectivity index is 2.03. The average Bonchev–Trinajstić information content (AvgIpc) is 2.74. The SMILES string of the molecule is CCCC1(C(=O)O)CCN(Cc2cncc(Br)c2)C1. The van der Waals surface area contributed by atoms with E-state index in [0.717, 1.165) is 42.4 Å². The van der Waals surface area contributed by atoms with Gasteiger partial charge in [-0.05, 0) is 46.9 Å². The van der Waals surface area contributed by atoms with Crippen molar-refractivity contribution < 1.29 is 9.90 Å². The van der Waals surface area contributed by atoms with E-state index in [9.17, 15) is 9.90 Å². The quantitative estimate of drug-likeness (QED) is 0.903. The lowest BCUT2D eigenvalue weighted by molar-refractivity contribution is -0.148. The van der Waals surface area contributed by atoms with Crippen LogP contribution in [0.1, 0.15) is 31.7 Å². The van der Waals surface area contributed by atoms with Crippen molar-refractivity contribution in [2.75, 3.05) is 13.1 Å². The molecule has 1 aromatic rings. The fourth-order valence-corrected chi connectivity index (χ4v) is 3.27. The zero-order valence-electron chi connectivity index (χ0n) is 11.1. The second kappa shape index (κ2) is 6.01. The molecule has 0 aliphatic carbocycles. The van der Waals surface area contributed by atoms with Crippen LogP contribution in [0, 0.1) is 5.41 Å². The van der Waals surface area contributed by atoms with Crippen LogP contribution in [0.2, 0.25) is 0 Å². The van der Waals surface area contributed by atoms with Gasteiger partial charge in [0.05, 0.1) is 5.41 Å². The smallest absolute Gasteiger partial charge is 0.310 e. The summed E-state index contributed by atoms with van der Waals surface area (Å²) in [7, 11) is 0. The van der Waals surface area contributed by atoms with Crippen molar-refractivity contribution in [1.82, 2.24) is 9.88 Å². The molecule has 0 aromatic carbocycles. The highest BCUT2D eigenvalue weighted by molar-refractivity contribution is 9.10. The first-order valence-electron chi connectivity index (χ1n) is 6.61. The first kappa shape index (κ1) is 14.5. The highest BCUT2D eigenvalue weighted by atomic mass is 79.9. The van der Waals surface area contributed by atoms with E-state index < -0.39 is 11.4 Å². The Bertz CT molecular complexity index is 467. The van der Waals surface area contributed by atoms with Gasteiger partial charge in [-0.1, -0.05) is 13.3 Å². The van der Waals surface area contributed by atoms with E-state index in [1.807, 2.05) is 19.2 Å². The van der Waals surface area contributed by atoms with Crippen LogP contribution in [0.25, 0.3) is 0 Å². The molecule has 0 saturated carbocycles. The van der Waals surface area contributed by atoms with Crippen molar-refractivity contribution in [1.29, 1.82) is 0 Å². The predicted octanol–water partition coefficient (Wildman–Crippen LogP) is 2.92. The molecule has 5 heteroatoms. The number of likely N-dealkylation sites (tertiary alicyclic amines) is 1. The van der Waals surface area contributed by atoms with Gasteiger partial charge in [-0.2, -0.15) is 0 Å². The molecule has 1 unspecified atom stereocenters. The number of halogens is 1. The van der Waals surface area contributed by atoms with Crippen molar-refractivity contribution in [2.45, 2.75) is 32.7 Å². The molecule has 104 valence electrons. The summed E-state index contributed by atoms with van der Waals surface area (Å²) in [4.78, 5) is 17.9. The Morgan fingerprint density at radius 1 is 1.58 bits per heavy atom. The number of hydrogen-bond donors (Lipinski definition) is 1. The number of aliphatic carboxylic acids is 1. The van der Waals surface area contributed by atoms with Gasteiger partial charge in [0.1, 0.15) is 0 Å². The van der Waals surface area contributed by atoms with Gasteiger partial charge in [0.2, 0.25) is 0 Å². The molecule has 1 atom stereocenters. The van der Waals surface area contributed by atoms with Crippen LogP contribution in [0.4, 0.5) is 0 Å². The zero-order valence-corrected chi connectivity index (χ0v) is 12.7. The van der Waals surface area contributed by atoms with Crippen LogP contribution in [0.15, 0.2) is 22.9 Å². The van der Waals surface area contributed by atoms with Crippen molar-refractivity contribution in [2.24, 2.45) is 5.41 Å². The molecular formula is C14H19BrN2O2. The number of hydrogen-bond acceptors (Lipinski definition) is 3. The molecule has 1 N–H and O–H groups in total. The van der Waals surface area contributed by atoms with Gasteiger partial charge in [0.15, 0.2) is 0 Å². The third-order valence-electron chi connectivity index (χ3n) is 3.78. The minimum absolute atomic E-state index is 0.547. The van der Waals surface area contributed by atoms with Crippen LogP contribution < -0.4 is 0 Å². The summed E-state index contributed by atoms with van der Waals surface area (Å²) in [6, 6.07) is 2.04. The third kappa shape index (κ3) is 3.34. The fourth-order valence-electron chi connectivity index (χ4n) is 2.86. The Labute approximate surface area is 122 Å². The fraction of sp³-hybridized carbons (Fsp3) is 0.571. The van der Waals surface area contributed by atoms with E-state index in [-0.39, 0.29) is 0 Å². The predicted molar refractivity (Wildman–Crippen MR) is 76.8 cm³/mol. The van der Waals surface area contributed by atoms with Gasteiger partial charge < -0.3 is 5.11 Å². The normalized spacial score (nSPS) is 23.7. The lowest BCUT2D eigenvalue weighted by Crippen LogP contribution is -2.34. The molecular weight excluding hydrogens is 308 g/mol. The number of carboxylic acids is 1. The molecule has 2 heterocycles. The van der Waals surface area contributed by atoms with E-state index >= 15 is 0 Å². The Kier molecular flexibility index (Phi) is 4.58. The second-order valence-corrected chi connectivity index (χ2v) is 6.22. The third-order valence-corrected chi connectivity index (χ3v) is 4.22. The summed E-state index contributed by atoms with van der Waals surface area (Å²) in [5.74, 6) is -0.649. The number of pyridine rings is 1. The Hall–Kier alpha value is -0.940. The molecule has 19 heavy (non-hydrogen) atoms. The van der Waals surface area contributed by atoms with Crippen LogP contribution in [-0.4, -0.2) is 34.0 Å². The molecule has 0 spiro atoms. The van der Waals surface area contributed by atoms with Gasteiger partial charge in [-0.15, -0.1) is 0 Å². The first-order chi connectivity index (χ1) is 9.05. The number of carbonyl (C=O) groups is 1. The van der Waals surface area contributed by atoms with Gasteiger partial charge in [0.25, 0.3) is 0 Å². The number of rotatable bonds is 5. The maximum absolute atomic E-state index is 11.5. The summed E-state index contributed by atoms with van der Waals surface area (Å²) in [6.07, 6.45) is 6.02. The maximum Gasteiger partial charge on any atom is 0.310 e. The van der Waals surface area contributed by atoms with Crippen molar-refractivity contribution >= 4 is 21.9 Å². The van der Waals surface area contributed by atoms with E-state index in [1.165, 1.54) is 0 Å². The van der Waals surface area contributed by atoms with Gasteiger partial charge in [0, 0.05) is 30.0 Å². The second-order valence-electron chi connectivity index (χ2n) is 5.31. The van der Waals surface area contributed by atoms with Crippen LogP contribution in [-0.2, 0) is 11.3 Å². The standard InChI is InChI=1S/C14H19BrN2O2/c1-2-3-14(13(18)19)4-5-17(10-14)9-11-6-12(15)8-16-7-11/h6-8H,2-5,9-10H2,1H3,(H,18,19). The lowest BCUT2D eigenvalue weighted by atomic mass is 9.83. The van der Waals surface area contributed by atoms with Crippen LogP contribution in [0.5, 0.6) is 0 Å². The Morgan fingerprint density at radius 3 is 3.00 bits per heavy atom. The molecule has 1 fully saturated rings. The van der Waals surface area contributed by atoms with Gasteiger partial charge in [-0.25, -0.2) is 0 Å². The minimum atomic E-state index is -0.649. The molecule has 1 aliphatic rings. The molecule has 0 amide bonds. The van der Waals surface area contributed by atoms with Crippen molar-refractivity contribution in [3.05, 3.63) is 28.5 Å². The lowest BCUT2D eigenvalue weighted by Gasteiger charge is -2.24. The monoisotopic (exact) mass is 326 g/mol. The van der Waals surface area contributed by atoms with Gasteiger partial charge in [-0.3, -0.25) is 14.7 Å². The van der Waals surface area contributed by atoms with Crippen LogP contribution >= 0.6 is 15.9 Å². The summed E-state index contributed by atoms with van der Waals surface area (Å²) < 4.78 is 0.960. The number of nitrogens with zero attached hydrogens (tertiary/aromatic N) is 2. The zero-order chi connectivity index (χ0) is 13.9. The summed E-state index contributed by atoms with van der Waals surface area (Å²) in [5.41, 5.74) is 0.570. The van der Waals surface area contributed by atoms with Crippen molar-refractivity contribution in [3.8, 4) is 0 Å². The summed E-state index contributed by atoms with van der Waals surface area (Å²) in [5, 5.41) is 9.48. The first-order valence-corrected chi connectivity index (χ1v) is 7.40. The van der Waals surface area contributed by atoms with Crippen molar-refractivity contribution in [3.63, 3.8) is 0 Å². The average molecular weight is 327 g/mol. The van der Waals surface area contributed by atoms with E-state index in [1.54, 1.807) is 6.20 Å². The van der Waals surface area contributed by atoms with E-state index in [0.29, 0.717) is 6.54 Å². The maximum atomic E-state index is 11.5. The number of carboxylic acid groups (broad SMARTS) is 1. The molecule has 1 saturated heterocycles. The largest absolute Gasteiger partial charge is 0.481 e. The molecule has 1 aromatic heterocycles. The van der Waals surface area contributed by atoms with Gasteiger partial charge >= 0.3 is 5.97 Å². The topological polar surface area (TPSA) is 53.4 Å². The van der Waals surface area contributed by atoms with E-state index in [2.05, 4.69) is 25.8 Å². The van der Waals surface area contributed by atoms with E-state index in [4.69, 9.17) is 0 Å². The minimum Gasteiger partial charge on any atom is -0.481 e. The highest BCUT2D eigenvalue weighted by Gasteiger charge is 2.43. The molecule has 1 aliphatic heterocycles. The molecule has 0 bridgehead atoms. The summed E-state index contributed by atoms with van der Waals surface area (Å²) in [6.45, 7) is 4.30.